The number of likely N-dealkylation sites (N-methyl/N-ethyl adjacent to an activating group) is 1. The van der Waals surface area contributed by atoms with E-state index in [9.17, 15) is 9.18 Å². The van der Waals surface area contributed by atoms with Crippen LogP contribution in [0.5, 0.6) is 5.75 Å². The number of rotatable bonds is 10. The van der Waals surface area contributed by atoms with E-state index in [1.165, 1.54) is 12.1 Å². The lowest BCUT2D eigenvalue weighted by Crippen LogP contribution is -2.38. The van der Waals surface area contributed by atoms with Crippen LogP contribution in [0.15, 0.2) is 53.5 Å². The number of amides is 1. The van der Waals surface area contributed by atoms with Crippen molar-refractivity contribution in [3.63, 3.8) is 0 Å². The third-order valence-electron chi connectivity index (χ3n) is 4.00. The fourth-order valence-electron chi connectivity index (χ4n) is 2.66. The van der Waals surface area contributed by atoms with Gasteiger partial charge in [0.25, 0.3) is 5.91 Å². The number of nitrogens with zero attached hydrogens (tertiary/aromatic N) is 1. The van der Waals surface area contributed by atoms with Crippen molar-refractivity contribution in [2.75, 3.05) is 26.2 Å². The second-order valence-corrected chi connectivity index (χ2v) is 6.39. The molecule has 0 aliphatic rings. The van der Waals surface area contributed by atoms with Crippen molar-refractivity contribution in [3.05, 3.63) is 65.5 Å². The zero-order chi connectivity index (χ0) is 20.9. The molecule has 2 rings (SSSR count). The lowest BCUT2D eigenvalue weighted by atomic mass is 10.1. The number of halogens is 1. The number of hydrogen-bond donors (Lipinski definition) is 3. The maximum Gasteiger partial charge on any atom is 0.257 e. The van der Waals surface area contributed by atoms with Gasteiger partial charge in [0.05, 0.1) is 6.54 Å². The van der Waals surface area contributed by atoms with Crippen LogP contribution >= 0.6 is 0 Å². The molecule has 0 saturated heterocycles. The van der Waals surface area contributed by atoms with E-state index in [0.29, 0.717) is 37.8 Å². The number of benzene rings is 2. The minimum atomic E-state index is -0.225. The van der Waals surface area contributed by atoms with Gasteiger partial charge < -0.3 is 20.7 Å². The Kier molecular flexibility index (Phi) is 9.48. The first-order valence-corrected chi connectivity index (χ1v) is 9.85. The fraction of sp³-hybridized carbons (Fsp3) is 0.364. The summed E-state index contributed by atoms with van der Waals surface area (Å²) in [6.45, 7) is 6.28. The Hall–Kier alpha value is -3.09. The highest BCUT2D eigenvalue weighted by atomic mass is 19.1. The molecule has 0 heterocycles. The summed E-state index contributed by atoms with van der Waals surface area (Å²) < 4.78 is 18.8. The molecular weight excluding hydrogens is 371 g/mol. The number of carbonyl (C=O) groups excluding carboxylic acids is 1. The molecule has 0 aliphatic carbocycles. The van der Waals surface area contributed by atoms with Gasteiger partial charge in [0, 0.05) is 19.6 Å². The lowest BCUT2D eigenvalue weighted by Gasteiger charge is -2.12. The third kappa shape index (κ3) is 8.64. The number of ether oxygens (including phenoxy) is 1. The van der Waals surface area contributed by atoms with Crippen molar-refractivity contribution in [2.24, 2.45) is 4.99 Å². The molecule has 6 nitrogen and oxygen atoms in total. The molecule has 2 aromatic rings. The van der Waals surface area contributed by atoms with Crippen molar-refractivity contribution in [1.29, 1.82) is 0 Å². The van der Waals surface area contributed by atoms with Crippen LogP contribution in [0.3, 0.4) is 0 Å². The normalized spacial score (nSPS) is 11.1. The smallest absolute Gasteiger partial charge is 0.257 e. The Morgan fingerprint density at radius 2 is 1.76 bits per heavy atom. The van der Waals surface area contributed by atoms with E-state index in [0.717, 1.165) is 17.7 Å². The van der Waals surface area contributed by atoms with Gasteiger partial charge in [-0.3, -0.25) is 4.79 Å². The molecule has 0 atom stereocenters. The maximum absolute atomic E-state index is 13.3. The number of hydrogen-bond acceptors (Lipinski definition) is 3. The van der Waals surface area contributed by atoms with E-state index in [4.69, 9.17) is 4.74 Å². The Morgan fingerprint density at radius 1 is 1.00 bits per heavy atom. The summed E-state index contributed by atoms with van der Waals surface area (Å²) in [6.07, 6.45) is 0.700. The summed E-state index contributed by atoms with van der Waals surface area (Å²) in [5, 5.41) is 9.16. The van der Waals surface area contributed by atoms with Crippen LogP contribution in [0.25, 0.3) is 0 Å². The van der Waals surface area contributed by atoms with Crippen molar-refractivity contribution in [3.8, 4) is 5.75 Å². The third-order valence-corrected chi connectivity index (χ3v) is 4.00. The zero-order valence-electron chi connectivity index (χ0n) is 17.0. The summed E-state index contributed by atoms with van der Waals surface area (Å²) in [4.78, 5) is 16.1. The highest BCUT2D eigenvalue weighted by Gasteiger charge is 2.03. The van der Waals surface area contributed by atoms with Crippen molar-refractivity contribution in [2.45, 2.75) is 26.8 Å². The lowest BCUT2D eigenvalue weighted by molar-refractivity contribution is -0.122. The molecule has 0 unspecified atom stereocenters. The van der Waals surface area contributed by atoms with Gasteiger partial charge in [-0.25, -0.2) is 9.38 Å². The SMILES string of the molecule is CCNC(=O)COc1cccc(CN=C(NCC)NCCc2cccc(F)c2)c1. The molecule has 0 spiro atoms. The summed E-state index contributed by atoms with van der Waals surface area (Å²) in [7, 11) is 0. The predicted octanol–water partition coefficient (Wildman–Crippen LogP) is 2.64. The van der Waals surface area contributed by atoms with Gasteiger partial charge in [-0.15, -0.1) is 0 Å². The number of guanidine groups is 1. The molecule has 1 amide bonds. The molecule has 0 bridgehead atoms. The topological polar surface area (TPSA) is 74.8 Å². The molecule has 2 aromatic carbocycles. The van der Waals surface area contributed by atoms with E-state index in [2.05, 4.69) is 20.9 Å². The quantitative estimate of drug-likeness (QED) is 0.423. The largest absolute Gasteiger partial charge is 0.484 e. The molecule has 0 fully saturated rings. The maximum atomic E-state index is 13.3. The first-order valence-electron chi connectivity index (χ1n) is 9.85. The van der Waals surface area contributed by atoms with Gasteiger partial charge in [0.15, 0.2) is 12.6 Å². The molecule has 29 heavy (non-hydrogen) atoms. The van der Waals surface area contributed by atoms with Gasteiger partial charge in [-0.1, -0.05) is 24.3 Å². The average molecular weight is 400 g/mol. The standard InChI is InChI=1S/C22H29FN4O2/c1-3-24-21(28)16-29-20-10-6-8-18(14-20)15-27-22(25-4-2)26-12-11-17-7-5-9-19(23)13-17/h5-10,13-14H,3-4,11-12,15-16H2,1-2H3,(H,24,28)(H2,25,26,27). The Balaban J connectivity index is 1.88. The van der Waals surface area contributed by atoms with Gasteiger partial charge in [-0.2, -0.15) is 0 Å². The van der Waals surface area contributed by atoms with E-state index in [1.807, 2.05) is 44.2 Å². The van der Waals surface area contributed by atoms with Crippen LogP contribution < -0.4 is 20.7 Å². The van der Waals surface area contributed by atoms with Crippen LogP contribution in [0.4, 0.5) is 4.39 Å². The Bertz CT molecular complexity index is 811. The highest BCUT2D eigenvalue weighted by Crippen LogP contribution is 2.14. The first kappa shape index (κ1) is 22.2. The van der Waals surface area contributed by atoms with Gasteiger partial charge in [-0.05, 0) is 55.7 Å². The zero-order valence-corrected chi connectivity index (χ0v) is 17.0. The van der Waals surface area contributed by atoms with E-state index in [-0.39, 0.29) is 18.3 Å². The van der Waals surface area contributed by atoms with Gasteiger partial charge in [0.1, 0.15) is 11.6 Å². The van der Waals surface area contributed by atoms with Crippen molar-refractivity contribution < 1.29 is 13.9 Å². The molecular formula is C22H29FN4O2. The minimum Gasteiger partial charge on any atom is -0.484 e. The van der Waals surface area contributed by atoms with Gasteiger partial charge in [0.2, 0.25) is 0 Å². The van der Waals surface area contributed by atoms with Crippen molar-refractivity contribution in [1.82, 2.24) is 16.0 Å². The highest BCUT2D eigenvalue weighted by molar-refractivity contribution is 5.79. The summed E-state index contributed by atoms with van der Waals surface area (Å²) in [5.74, 6) is 0.954. The van der Waals surface area contributed by atoms with Crippen LogP contribution in [0.1, 0.15) is 25.0 Å². The molecule has 0 saturated carbocycles. The van der Waals surface area contributed by atoms with Crippen molar-refractivity contribution >= 4 is 11.9 Å². The van der Waals surface area contributed by atoms with E-state index in [1.54, 1.807) is 6.07 Å². The van der Waals surface area contributed by atoms with E-state index >= 15 is 0 Å². The molecule has 3 N–H and O–H groups in total. The molecule has 0 aliphatic heterocycles. The van der Waals surface area contributed by atoms with Crippen LogP contribution in [0, 0.1) is 5.82 Å². The number of carbonyl (C=O) groups is 1. The second-order valence-electron chi connectivity index (χ2n) is 6.39. The predicted molar refractivity (Wildman–Crippen MR) is 114 cm³/mol. The molecule has 0 radical (unpaired) electrons. The second kappa shape index (κ2) is 12.4. The Labute approximate surface area is 171 Å². The van der Waals surface area contributed by atoms with Gasteiger partial charge >= 0.3 is 0 Å². The van der Waals surface area contributed by atoms with Crippen LogP contribution in [-0.4, -0.2) is 38.1 Å². The first-order chi connectivity index (χ1) is 14.1. The summed E-state index contributed by atoms with van der Waals surface area (Å²) in [5.41, 5.74) is 1.91. The molecule has 0 aromatic heterocycles. The van der Waals surface area contributed by atoms with E-state index < -0.39 is 0 Å². The summed E-state index contributed by atoms with van der Waals surface area (Å²) in [6, 6.07) is 14.1. The number of aliphatic imine (C=N–C) groups is 1. The minimum absolute atomic E-state index is 0.00909. The number of nitrogens with one attached hydrogen (secondary N) is 3. The molecule has 7 heteroatoms. The molecule has 156 valence electrons. The fourth-order valence-corrected chi connectivity index (χ4v) is 2.66. The Morgan fingerprint density at radius 3 is 2.52 bits per heavy atom. The monoisotopic (exact) mass is 400 g/mol. The van der Waals surface area contributed by atoms with Crippen LogP contribution in [0.2, 0.25) is 0 Å². The average Bonchev–Trinajstić information content (AvgIpc) is 2.71. The summed E-state index contributed by atoms with van der Waals surface area (Å²) >= 11 is 0. The van der Waals surface area contributed by atoms with Crippen LogP contribution in [-0.2, 0) is 17.8 Å².